The predicted octanol–water partition coefficient (Wildman–Crippen LogP) is 2.38. The van der Waals surface area contributed by atoms with Crippen LogP contribution in [0.3, 0.4) is 0 Å². The summed E-state index contributed by atoms with van der Waals surface area (Å²) in [6, 6.07) is 1.95. The van der Waals surface area contributed by atoms with E-state index in [4.69, 9.17) is 5.73 Å². The molecule has 4 heteroatoms. The highest BCUT2D eigenvalue weighted by Crippen LogP contribution is 2.19. The molecule has 1 aromatic rings. The normalized spacial score (nSPS) is 10.6. The average molecular weight is 199 g/mol. The van der Waals surface area contributed by atoms with Crippen molar-refractivity contribution in [3.63, 3.8) is 0 Å². The summed E-state index contributed by atoms with van der Waals surface area (Å²) in [5, 5.41) is 5.44. The molecule has 0 aliphatic heterocycles. The van der Waals surface area contributed by atoms with Crippen molar-refractivity contribution in [3.05, 3.63) is 6.07 Å². The van der Waals surface area contributed by atoms with Crippen molar-refractivity contribution in [2.75, 3.05) is 11.5 Å². The zero-order chi connectivity index (χ0) is 9.68. The second-order valence-electron chi connectivity index (χ2n) is 2.98. The van der Waals surface area contributed by atoms with Crippen LogP contribution in [0.4, 0.5) is 5.82 Å². The van der Waals surface area contributed by atoms with Gasteiger partial charge < -0.3 is 5.73 Å². The maximum atomic E-state index is 5.79. The Kier molecular flexibility index (Phi) is 4.15. The molecule has 0 aromatic carbocycles. The first-order chi connectivity index (χ1) is 6.27. The van der Waals surface area contributed by atoms with E-state index in [1.54, 1.807) is 11.8 Å². The Morgan fingerprint density at radius 3 is 2.85 bits per heavy atom. The Hall–Kier alpha value is -0.640. The van der Waals surface area contributed by atoms with E-state index in [1.165, 1.54) is 6.42 Å². The van der Waals surface area contributed by atoms with Crippen LogP contribution in [-0.4, -0.2) is 15.5 Å². The van der Waals surface area contributed by atoms with Crippen LogP contribution in [-0.2, 0) is 6.54 Å². The minimum Gasteiger partial charge on any atom is -0.384 e. The Morgan fingerprint density at radius 1 is 1.46 bits per heavy atom. The zero-order valence-corrected chi connectivity index (χ0v) is 9.10. The number of aromatic nitrogens is 2. The highest BCUT2D eigenvalue weighted by atomic mass is 32.2. The van der Waals surface area contributed by atoms with Crippen LogP contribution in [0.2, 0.25) is 0 Å². The van der Waals surface area contributed by atoms with E-state index in [0.29, 0.717) is 0 Å². The molecule has 0 saturated heterocycles. The minimum absolute atomic E-state index is 0.778. The van der Waals surface area contributed by atoms with Gasteiger partial charge in [-0.3, -0.25) is 0 Å². The van der Waals surface area contributed by atoms with E-state index in [2.05, 4.69) is 18.9 Å². The van der Waals surface area contributed by atoms with E-state index in [-0.39, 0.29) is 0 Å². The third-order valence-electron chi connectivity index (χ3n) is 1.68. The number of rotatable bonds is 5. The zero-order valence-electron chi connectivity index (χ0n) is 8.29. The molecule has 0 atom stereocenters. The average Bonchev–Trinajstić information content (AvgIpc) is 2.45. The molecule has 0 radical (unpaired) electrons. The van der Waals surface area contributed by atoms with Crippen molar-refractivity contribution in [2.45, 2.75) is 38.3 Å². The molecular formula is C9H17N3S. The Balaban J connectivity index is 2.59. The molecule has 2 N–H and O–H groups in total. The van der Waals surface area contributed by atoms with E-state index < -0.39 is 0 Å². The van der Waals surface area contributed by atoms with Gasteiger partial charge in [0.25, 0.3) is 0 Å². The molecule has 13 heavy (non-hydrogen) atoms. The van der Waals surface area contributed by atoms with Gasteiger partial charge in [0, 0.05) is 12.6 Å². The fraction of sp³-hybridized carbons (Fsp3) is 0.667. The summed E-state index contributed by atoms with van der Waals surface area (Å²) in [5.41, 5.74) is 5.79. The van der Waals surface area contributed by atoms with Gasteiger partial charge in [0.2, 0.25) is 0 Å². The number of aryl methyl sites for hydroxylation is 1. The predicted molar refractivity (Wildman–Crippen MR) is 57.9 cm³/mol. The molecule has 0 saturated carbocycles. The van der Waals surface area contributed by atoms with Crippen molar-refractivity contribution in [3.8, 4) is 0 Å². The molecule has 1 rings (SSSR count). The molecule has 1 aromatic heterocycles. The van der Waals surface area contributed by atoms with Crippen LogP contribution >= 0.6 is 11.8 Å². The highest BCUT2D eigenvalue weighted by molar-refractivity contribution is 7.99. The quantitative estimate of drug-likeness (QED) is 0.740. The van der Waals surface area contributed by atoms with E-state index in [9.17, 15) is 0 Å². The fourth-order valence-corrected chi connectivity index (χ4v) is 1.85. The smallest absolute Gasteiger partial charge is 0.122 e. The maximum absolute atomic E-state index is 5.79. The summed E-state index contributed by atoms with van der Waals surface area (Å²) in [6.45, 7) is 5.21. The SMILES string of the molecule is CCCSc1cc(N)n(CCC)n1. The lowest BCUT2D eigenvalue weighted by atomic mass is 10.5. The van der Waals surface area contributed by atoms with E-state index >= 15 is 0 Å². The lowest BCUT2D eigenvalue weighted by Crippen LogP contribution is -2.03. The molecule has 0 fully saturated rings. The van der Waals surface area contributed by atoms with Crippen molar-refractivity contribution >= 4 is 17.6 Å². The van der Waals surface area contributed by atoms with Crippen LogP contribution in [0.25, 0.3) is 0 Å². The summed E-state index contributed by atoms with van der Waals surface area (Å²) >= 11 is 1.77. The molecule has 0 bridgehead atoms. The van der Waals surface area contributed by atoms with Gasteiger partial charge in [0.05, 0.1) is 0 Å². The molecule has 0 aliphatic rings. The largest absolute Gasteiger partial charge is 0.384 e. The highest BCUT2D eigenvalue weighted by Gasteiger charge is 2.03. The van der Waals surface area contributed by atoms with Crippen LogP contribution < -0.4 is 5.73 Å². The molecule has 0 amide bonds. The number of thioether (sulfide) groups is 1. The van der Waals surface area contributed by atoms with Crippen molar-refractivity contribution < 1.29 is 0 Å². The number of anilines is 1. The standard InChI is InChI=1S/C9H17N3S/c1-3-5-12-8(10)7-9(11-12)13-6-4-2/h7H,3-6,10H2,1-2H3. The van der Waals surface area contributed by atoms with Crippen molar-refractivity contribution in [1.82, 2.24) is 9.78 Å². The van der Waals surface area contributed by atoms with E-state index in [0.717, 1.165) is 29.6 Å². The van der Waals surface area contributed by atoms with Gasteiger partial charge in [-0.25, -0.2) is 4.68 Å². The van der Waals surface area contributed by atoms with Gasteiger partial charge in [-0.2, -0.15) is 5.10 Å². The number of nitrogens with two attached hydrogens (primary N) is 1. The van der Waals surface area contributed by atoms with Crippen LogP contribution in [0, 0.1) is 0 Å². The van der Waals surface area contributed by atoms with Gasteiger partial charge >= 0.3 is 0 Å². The van der Waals surface area contributed by atoms with Gasteiger partial charge in [0.15, 0.2) is 0 Å². The third kappa shape index (κ3) is 2.95. The summed E-state index contributed by atoms with van der Waals surface area (Å²) in [7, 11) is 0. The monoisotopic (exact) mass is 199 g/mol. The Bertz CT molecular complexity index is 257. The molecule has 0 aliphatic carbocycles. The first kappa shape index (κ1) is 10.4. The Morgan fingerprint density at radius 2 is 2.23 bits per heavy atom. The van der Waals surface area contributed by atoms with Crippen LogP contribution in [0.1, 0.15) is 26.7 Å². The number of hydrogen-bond donors (Lipinski definition) is 1. The molecule has 0 unspecified atom stereocenters. The van der Waals surface area contributed by atoms with Crippen molar-refractivity contribution in [2.24, 2.45) is 0 Å². The lowest BCUT2D eigenvalue weighted by molar-refractivity contribution is 0.597. The summed E-state index contributed by atoms with van der Waals surface area (Å²) in [4.78, 5) is 0. The second kappa shape index (κ2) is 5.17. The topological polar surface area (TPSA) is 43.8 Å². The van der Waals surface area contributed by atoms with Gasteiger partial charge in [-0.15, -0.1) is 11.8 Å². The van der Waals surface area contributed by atoms with Gasteiger partial charge in [-0.1, -0.05) is 13.8 Å². The first-order valence-corrected chi connectivity index (χ1v) is 5.72. The number of nitrogen functional groups attached to an aromatic ring is 1. The lowest BCUT2D eigenvalue weighted by Gasteiger charge is -1.99. The molecule has 3 nitrogen and oxygen atoms in total. The molecular weight excluding hydrogens is 182 g/mol. The Labute approximate surface area is 83.7 Å². The van der Waals surface area contributed by atoms with Crippen LogP contribution in [0.15, 0.2) is 11.1 Å². The van der Waals surface area contributed by atoms with E-state index in [1.807, 2.05) is 10.7 Å². The molecule has 74 valence electrons. The maximum Gasteiger partial charge on any atom is 0.122 e. The third-order valence-corrected chi connectivity index (χ3v) is 2.79. The second-order valence-corrected chi connectivity index (χ2v) is 4.09. The summed E-state index contributed by atoms with van der Waals surface area (Å²) in [5.74, 6) is 1.89. The minimum atomic E-state index is 0.778. The van der Waals surface area contributed by atoms with Crippen molar-refractivity contribution in [1.29, 1.82) is 0 Å². The summed E-state index contributed by atoms with van der Waals surface area (Å²) in [6.07, 6.45) is 2.25. The first-order valence-electron chi connectivity index (χ1n) is 4.74. The number of nitrogens with zero attached hydrogens (tertiary/aromatic N) is 2. The molecule has 1 heterocycles. The number of hydrogen-bond acceptors (Lipinski definition) is 3. The van der Waals surface area contributed by atoms with Gasteiger partial charge in [0.1, 0.15) is 10.8 Å². The summed E-state index contributed by atoms with van der Waals surface area (Å²) < 4.78 is 1.87. The van der Waals surface area contributed by atoms with Crippen LogP contribution in [0.5, 0.6) is 0 Å². The van der Waals surface area contributed by atoms with Gasteiger partial charge in [-0.05, 0) is 18.6 Å². The molecule has 0 spiro atoms. The fourth-order valence-electron chi connectivity index (χ4n) is 1.07.